The number of ether oxygens (including phenoxy) is 1. The van der Waals surface area contributed by atoms with Crippen LogP contribution < -0.4 is 4.74 Å². The van der Waals surface area contributed by atoms with E-state index in [2.05, 4.69) is 0 Å². The number of carboxylic acid groups (broad SMARTS) is 1. The Bertz CT molecular complexity index is 685. The average Bonchev–Trinajstić information content (AvgIpc) is 2.50. The number of carbonyl (C=O) groups is 1. The van der Waals surface area contributed by atoms with Gasteiger partial charge in [0.05, 0.1) is 18.1 Å². The van der Waals surface area contributed by atoms with Crippen molar-refractivity contribution in [3.05, 3.63) is 58.4 Å². The molecule has 0 radical (unpaired) electrons. The fraction of sp³-hybridized carbons (Fsp3) is 0.188. The number of aliphatic carboxylic acids is 1. The number of phenols is 1. The lowest BCUT2D eigenvalue weighted by atomic mass is 9.92. The predicted octanol–water partition coefficient (Wildman–Crippen LogP) is 3.60. The van der Waals surface area contributed by atoms with Crippen molar-refractivity contribution in [2.45, 2.75) is 12.3 Å². The summed E-state index contributed by atoms with van der Waals surface area (Å²) >= 11 is 6.06. The Hall–Kier alpha value is -2.27. The SMILES string of the molecule is COc1ccc(CC(C(=O)O)c2ccc(F)cc2)c(Cl)c1O. The molecule has 22 heavy (non-hydrogen) atoms. The van der Waals surface area contributed by atoms with Gasteiger partial charge in [0, 0.05) is 0 Å². The first-order valence-corrected chi connectivity index (χ1v) is 6.84. The van der Waals surface area contributed by atoms with Crippen LogP contribution in [0.2, 0.25) is 5.02 Å². The molecule has 0 spiro atoms. The second-order valence-corrected chi connectivity index (χ2v) is 5.11. The normalized spacial score (nSPS) is 12.0. The maximum Gasteiger partial charge on any atom is 0.311 e. The molecule has 2 N–H and O–H groups in total. The molecule has 0 amide bonds. The molecule has 0 saturated heterocycles. The van der Waals surface area contributed by atoms with Crippen LogP contribution in [0.5, 0.6) is 11.5 Å². The fourth-order valence-electron chi connectivity index (χ4n) is 2.17. The summed E-state index contributed by atoms with van der Waals surface area (Å²) in [5, 5.41) is 19.3. The summed E-state index contributed by atoms with van der Waals surface area (Å²) < 4.78 is 17.9. The van der Waals surface area contributed by atoms with E-state index in [0.717, 1.165) is 0 Å². The zero-order valence-electron chi connectivity index (χ0n) is 11.7. The van der Waals surface area contributed by atoms with E-state index in [4.69, 9.17) is 16.3 Å². The van der Waals surface area contributed by atoms with Crippen molar-refractivity contribution in [2.24, 2.45) is 0 Å². The number of hydrogen-bond donors (Lipinski definition) is 2. The minimum Gasteiger partial charge on any atom is -0.503 e. The van der Waals surface area contributed by atoms with Crippen LogP contribution in [0.1, 0.15) is 17.0 Å². The van der Waals surface area contributed by atoms with Crippen LogP contribution in [-0.2, 0) is 11.2 Å². The van der Waals surface area contributed by atoms with E-state index in [1.54, 1.807) is 6.07 Å². The van der Waals surface area contributed by atoms with Crippen molar-refractivity contribution in [1.82, 2.24) is 0 Å². The lowest BCUT2D eigenvalue weighted by Gasteiger charge is -2.15. The molecule has 0 aliphatic carbocycles. The monoisotopic (exact) mass is 324 g/mol. The number of halogens is 2. The Morgan fingerprint density at radius 3 is 2.45 bits per heavy atom. The quantitative estimate of drug-likeness (QED) is 0.881. The largest absolute Gasteiger partial charge is 0.503 e. The number of aromatic hydroxyl groups is 1. The molecule has 0 aliphatic heterocycles. The van der Waals surface area contributed by atoms with Gasteiger partial charge in [-0.05, 0) is 35.7 Å². The molecule has 2 rings (SSSR count). The number of methoxy groups -OCH3 is 1. The molecule has 0 bridgehead atoms. The first-order valence-electron chi connectivity index (χ1n) is 6.46. The van der Waals surface area contributed by atoms with Crippen LogP contribution in [0.15, 0.2) is 36.4 Å². The van der Waals surface area contributed by atoms with E-state index in [-0.39, 0.29) is 22.9 Å². The highest BCUT2D eigenvalue weighted by Crippen LogP contribution is 2.38. The number of carboxylic acids is 1. The van der Waals surface area contributed by atoms with Crippen LogP contribution in [0.4, 0.5) is 4.39 Å². The Morgan fingerprint density at radius 1 is 1.27 bits per heavy atom. The molecule has 1 unspecified atom stereocenters. The van der Waals surface area contributed by atoms with Crippen molar-refractivity contribution in [2.75, 3.05) is 7.11 Å². The van der Waals surface area contributed by atoms with Crippen LogP contribution in [0.3, 0.4) is 0 Å². The highest BCUT2D eigenvalue weighted by Gasteiger charge is 2.23. The van der Waals surface area contributed by atoms with Crippen molar-refractivity contribution >= 4 is 17.6 Å². The summed E-state index contributed by atoms with van der Waals surface area (Å²) in [5.74, 6) is -2.41. The minimum absolute atomic E-state index is 0.0488. The zero-order valence-corrected chi connectivity index (χ0v) is 12.5. The van der Waals surface area contributed by atoms with Crippen LogP contribution in [0, 0.1) is 5.82 Å². The van der Waals surface area contributed by atoms with Gasteiger partial charge >= 0.3 is 5.97 Å². The molecular formula is C16H14ClFO4. The molecule has 2 aromatic carbocycles. The number of hydrogen-bond acceptors (Lipinski definition) is 3. The lowest BCUT2D eigenvalue weighted by Crippen LogP contribution is -2.14. The van der Waals surface area contributed by atoms with E-state index in [9.17, 15) is 19.4 Å². The number of benzene rings is 2. The zero-order chi connectivity index (χ0) is 16.3. The molecule has 0 saturated carbocycles. The second kappa shape index (κ2) is 6.66. The third-order valence-electron chi connectivity index (χ3n) is 3.37. The van der Waals surface area contributed by atoms with Crippen molar-refractivity contribution in [1.29, 1.82) is 0 Å². The molecule has 0 aliphatic rings. The van der Waals surface area contributed by atoms with Gasteiger partial charge in [-0.3, -0.25) is 4.79 Å². The van der Waals surface area contributed by atoms with Crippen molar-refractivity contribution in [3.8, 4) is 11.5 Å². The molecule has 6 heteroatoms. The van der Waals surface area contributed by atoms with E-state index >= 15 is 0 Å². The lowest BCUT2D eigenvalue weighted by molar-refractivity contribution is -0.138. The van der Waals surface area contributed by atoms with Gasteiger partial charge < -0.3 is 14.9 Å². The molecular weight excluding hydrogens is 311 g/mol. The summed E-state index contributed by atoms with van der Waals surface area (Å²) in [6.07, 6.45) is 0.0668. The van der Waals surface area contributed by atoms with Gasteiger partial charge in [0.15, 0.2) is 11.5 Å². The second-order valence-electron chi connectivity index (χ2n) is 4.74. The predicted molar refractivity (Wildman–Crippen MR) is 80.1 cm³/mol. The standard InChI is InChI=1S/C16H14ClFO4/c1-22-13-7-4-10(14(17)15(13)19)8-12(16(20)21)9-2-5-11(18)6-3-9/h2-7,12,19H,8H2,1H3,(H,20,21). The van der Waals surface area contributed by atoms with Gasteiger partial charge in [0.25, 0.3) is 0 Å². The maximum absolute atomic E-state index is 13.0. The summed E-state index contributed by atoms with van der Waals surface area (Å²) in [7, 11) is 1.39. The summed E-state index contributed by atoms with van der Waals surface area (Å²) in [4.78, 5) is 11.5. The molecule has 2 aromatic rings. The topological polar surface area (TPSA) is 66.8 Å². The van der Waals surface area contributed by atoms with Gasteiger partial charge in [-0.2, -0.15) is 0 Å². The van der Waals surface area contributed by atoms with Gasteiger partial charge in [-0.25, -0.2) is 4.39 Å². The number of phenolic OH excluding ortho intramolecular Hbond substituents is 1. The smallest absolute Gasteiger partial charge is 0.311 e. The van der Waals surface area contributed by atoms with E-state index in [0.29, 0.717) is 11.1 Å². The third-order valence-corrected chi connectivity index (χ3v) is 3.80. The Morgan fingerprint density at radius 2 is 1.91 bits per heavy atom. The number of rotatable bonds is 5. The van der Waals surface area contributed by atoms with Gasteiger partial charge in [-0.15, -0.1) is 0 Å². The first kappa shape index (κ1) is 16.1. The van der Waals surface area contributed by atoms with Crippen LogP contribution >= 0.6 is 11.6 Å². The van der Waals surface area contributed by atoms with Crippen molar-refractivity contribution in [3.63, 3.8) is 0 Å². The van der Waals surface area contributed by atoms with Crippen LogP contribution in [-0.4, -0.2) is 23.3 Å². The Kier molecular flexibility index (Phi) is 4.88. The molecule has 4 nitrogen and oxygen atoms in total. The minimum atomic E-state index is -1.06. The Labute approximate surface area is 131 Å². The maximum atomic E-state index is 13.0. The van der Waals surface area contributed by atoms with E-state index in [1.807, 2.05) is 0 Å². The summed E-state index contributed by atoms with van der Waals surface area (Å²) in [6, 6.07) is 8.37. The summed E-state index contributed by atoms with van der Waals surface area (Å²) in [5.41, 5.74) is 0.928. The average molecular weight is 325 g/mol. The van der Waals surface area contributed by atoms with Gasteiger partial charge in [0.1, 0.15) is 5.82 Å². The Balaban J connectivity index is 2.35. The van der Waals surface area contributed by atoms with Crippen molar-refractivity contribution < 1.29 is 24.1 Å². The third kappa shape index (κ3) is 3.31. The fourth-order valence-corrected chi connectivity index (χ4v) is 2.41. The highest BCUT2D eigenvalue weighted by molar-refractivity contribution is 6.33. The highest BCUT2D eigenvalue weighted by atomic mass is 35.5. The van der Waals surface area contributed by atoms with E-state index < -0.39 is 17.7 Å². The molecule has 0 heterocycles. The molecule has 0 fully saturated rings. The van der Waals surface area contributed by atoms with Crippen LogP contribution in [0.25, 0.3) is 0 Å². The molecule has 116 valence electrons. The summed E-state index contributed by atoms with van der Waals surface area (Å²) in [6.45, 7) is 0. The van der Waals surface area contributed by atoms with E-state index in [1.165, 1.54) is 37.4 Å². The molecule has 1 atom stereocenters. The van der Waals surface area contributed by atoms with Gasteiger partial charge in [0.2, 0.25) is 0 Å². The van der Waals surface area contributed by atoms with Gasteiger partial charge in [-0.1, -0.05) is 29.8 Å². The molecule has 0 aromatic heterocycles. The first-order chi connectivity index (χ1) is 10.4.